The molecule has 1 aliphatic rings. The van der Waals surface area contributed by atoms with Crippen molar-refractivity contribution in [3.63, 3.8) is 0 Å². The first-order chi connectivity index (χ1) is 8.11. The number of aromatic nitrogens is 2. The van der Waals surface area contributed by atoms with E-state index in [0.29, 0.717) is 12.1 Å². The summed E-state index contributed by atoms with van der Waals surface area (Å²) in [6.07, 6.45) is 0.938. The molecular formula is C10H15N3O4. The maximum atomic E-state index is 11.6. The predicted molar refractivity (Wildman–Crippen MR) is 59.9 cm³/mol. The molecule has 0 aliphatic carbocycles. The number of aryl methyl sites for hydroxylation is 1. The minimum Gasteiger partial charge on any atom is -0.394 e. The van der Waals surface area contributed by atoms with E-state index in [1.54, 1.807) is 6.92 Å². The summed E-state index contributed by atoms with van der Waals surface area (Å²) >= 11 is 0. The van der Waals surface area contributed by atoms with Gasteiger partial charge in [-0.2, -0.15) is 0 Å². The molecule has 3 N–H and O–H groups in total. The summed E-state index contributed by atoms with van der Waals surface area (Å²) in [6, 6.07) is 0. The van der Waals surface area contributed by atoms with Crippen molar-refractivity contribution >= 4 is 0 Å². The van der Waals surface area contributed by atoms with Gasteiger partial charge in [-0.05, 0) is 6.92 Å². The monoisotopic (exact) mass is 241 g/mol. The van der Waals surface area contributed by atoms with Crippen LogP contribution in [-0.4, -0.2) is 40.5 Å². The van der Waals surface area contributed by atoms with E-state index in [0.717, 1.165) is 0 Å². The first-order valence-corrected chi connectivity index (χ1v) is 5.39. The third-order valence-electron chi connectivity index (χ3n) is 2.76. The topological polar surface area (TPSA) is 96.3 Å². The first kappa shape index (κ1) is 12.0. The molecule has 17 heavy (non-hydrogen) atoms. The largest absolute Gasteiger partial charge is 0.394 e. The van der Waals surface area contributed by atoms with Gasteiger partial charge in [-0.25, -0.2) is 4.79 Å². The normalized spacial score (nSPS) is 24.8. The molecule has 1 saturated heterocycles. The van der Waals surface area contributed by atoms with Crippen LogP contribution in [0, 0.1) is 6.92 Å². The van der Waals surface area contributed by atoms with Gasteiger partial charge in [0.25, 0.3) is 5.56 Å². The number of nitrogens with one attached hydrogen (secondary N) is 2. The fourth-order valence-electron chi connectivity index (χ4n) is 1.73. The molecule has 0 radical (unpaired) electrons. The third-order valence-corrected chi connectivity index (χ3v) is 2.76. The van der Waals surface area contributed by atoms with Crippen molar-refractivity contribution in [1.82, 2.24) is 14.9 Å². The van der Waals surface area contributed by atoms with Gasteiger partial charge in [0.15, 0.2) is 0 Å². The Balaban J connectivity index is 2.22. The van der Waals surface area contributed by atoms with Crippen LogP contribution in [0.3, 0.4) is 0 Å². The lowest BCUT2D eigenvalue weighted by molar-refractivity contribution is -0.0405. The molecule has 2 rings (SSSR count). The Kier molecular flexibility index (Phi) is 3.41. The zero-order valence-electron chi connectivity index (χ0n) is 9.47. The van der Waals surface area contributed by atoms with Crippen LogP contribution in [0.4, 0.5) is 0 Å². The summed E-state index contributed by atoms with van der Waals surface area (Å²) in [5, 5.41) is 12.0. The average Bonchev–Trinajstić information content (AvgIpc) is 2.34. The van der Waals surface area contributed by atoms with Gasteiger partial charge >= 0.3 is 5.69 Å². The second-order valence-corrected chi connectivity index (χ2v) is 4.04. The maximum Gasteiger partial charge on any atom is 0.329 e. The van der Waals surface area contributed by atoms with Gasteiger partial charge in [-0.3, -0.25) is 19.7 Å². The molecule has 2 heterocycles. The van der Waals surface area contributed by atoms with E-state index in [-0.39, 0.29) is 31.0 Å². The molecule has 1 unspecified atom stereocenters. The van der Waals surface area contributed by atoms with Crippen LogP contribution in [0.15, 0.2) is 15.8 Å². The van der Waals surface area contributed by atoms with Gasteiger partial charge in [-0.1, -0.05) is 0 Å². The highest BCUT2D eigenvalue weighted by Gasteiger charge is 2.22. The van der Waals surface area contributed by atoms with Crippen molar-refractivity contribution in [2.24, 2.45) is 0 Å². The lowest BCUT2D eigenvalue weighted by atomic mass is 10.3. The molecule has 0 saturated carbocycles. The van der Waals surface area contributed by atoms with Crippen LogP contribution in [0.2, 0.25) is 0 Å². The molecule has 7 heteroatoms. The Morgan fingerprint density at radius 2 is 2.35 bits per heavy atom. The van der Waals surface area contributed by atoms with Gasteiger partial charge in [0.2, 0.25) is 0 Å². The molecule has 1 aliphatic heterocycles. The first-order valence-electron chi connectivity index (χ1n) is 5.39. The van der Waals surface area contributed by atoms with Crippen LogP contribution in [0.1, 0.15) is 11.7 Å². The zero-order valence-corrected chi connectivity index (χ0v) is 9.47. The molecule has 94 valence electrons. The maximum absolute atomic E-state index is 11.6. The van der Waals surface area contributed by atoms with Crippen molar-refractivity contribution in [3.05, 3.63) is 32.6 Å². The highest BCUT2D eigenvalue weighted by molar-refractivity contribution is 5.01. The van der Waals surface area contributed by atoms with Gasteiger partial charge in [0, 0.05) is 18.3 Å². The Labute approximate surface area is 97.0 Å². The van der Waals surface area contributed by atoms with Gasteiger partial charge < -0.3 is 9.84 Å². The van der Waals surface area contributed by atoms with E-state index < -0.39 is 5.69 Å². The molecule has 2 atom stereocenters. The third kappa shape index (κ3) is 2.46. The summed E-state index contributed by atoms with van der Waals surface area (Å²) in [6.45, 7) is 2.32. The van der Waals surface area contributed by atoms with Gasteiger partial charge in [0.05, 0.1) is 19.3 Å². The Hall–Kier alpha value is -1.44. The molecule has 0 aromatic carbocycles. The molecular weight excluding hydrogens is 226 g/mol. The minimum atomic E-state index is -0.468. The molecule has 0 bridgehead atoms. The number of H-pyrrole nitrogens is 1. The Bertz CT molecular complexity index is 499. The van der Waals surface area contributed by atoms with Crippen molar-refractivity contribution in [2.45, 2.75) is 19.2 Å². The molecule has 0 spiro atoms. The number of nitrogens with zero attached hydrogens (tertiary/aromatic N) is 1. The standard InChI is InChI=1S/C10H15N3O4/c1-6-3-13(10(16)12-9(6)15)8-5-17-7(4-14)2-11-8/h3,7-8,11,14H,2,4-5H2,1H3,(H,12,15,16)/t7-,8?/m0/s1. The SMILES string of the molecule is Cc1cn(C2CO[C@H](CO)CN2)c(=O)[nH]c1=O. The number of ether oxygens (including phenoxy) is 1. The van der Waals surface area contributed by atoms with E-state index in [4.69, 9.17) is 9.84 Å². The van der Waals surface area contributed by atoms with Crippen molar-refractivity contribution in [1.29, 1.82) is 0 Å². The fourth-order valence-corrected chi connectivity index (χ4v) is 1.73. The highest BCUT2D eigenvalue weighted by atomic mass is 16.5. The number of aromatic amines is 1. The van der Waals surface area contributed by atoms with Crippen molar-refractivity contribution in [3.8, 4) is 0 Å². The zero-order chi connectivity index (χ0) is 12.4. The second kappa shape index (κ2) is 4.82. The number of aliphatic hydroxyl groups is 1. The quantitative estimate of drug-likeness (QED) is 0.575. The number of aliphatic hydroxyl groups excluding tert-OH is 1. The summed E-state index contributed by atoms with van der Waals surface area (Å²) in [7, 11) is 0. The number of hydrogen-bond acceptors (Lipinski definition) is 5. The molecule has 1 fully saturated rings. The van der Waals surface area contributed by atoms with E-state index in [1.807, 2.05) is 0 Å². The van der Waals surface area contributed by atoms with Gasteiger partial charge in [0.1, 0.15) is 6.17 Å². The second-order valence-electron chi connectivity index (χ2n) is 4.04. The molecule has 7 nitrogen and oxygen atoms in total. The number of rotatable bonds is 2. The number of hydrogen-bond donors (Lipinski definition) is 3. The lowest BCUT2D eigenvalue weighted by Gasteiger charge is -2.30. The fraction of sp³-hybridized carbons (Fsp3) is 0.600. The van der Waals surface area contributed by atoms with Crippen LogP contribution in [-0.2, 0) is 4.74 Å². The molecule has 1 aromatic rings. The Morgan fingerprint density at radius 3 is 2.94 bits per heavy atom. The number of morpholine rings is 1. The van der Waals surface area contributed by atoms with Crippen molar-refractivity contribution in [2.75, 3.05) is 19.8 Å². The smallest absolute Gasteiger partial charge is 0.329 e. The summed E-state index contributed by atoms with van der Waals surface area (Å²) < 4.78 is 6.75. The van der Waals surface area contributed by atoms with Crippen LogP contribution >= 0.6 is 0 Å². The van der Waals surface area contributed by atoms with Crippen LogP contribution in [0.25, 0.3) is 0 Å². The molecule has 0 amide bonds. The minimum absolute atomic E-state index is 0.0563. The van der Waals surface area contributed by atoms with Crippen molar-refractivity contribution < 1.29 is 9.84 Å². The van der Waals surface area contributed by atoms with Gasteiger partial charge in [-0.15, -0.1) is 0 Å². The average molecular weight is 241 g/mol. The molecule has 1 aromatic heterocycles. The van der Waals surface area contributed by atoms with E-state index >= 15 is 0 Å². The summed E-state index contributed by atoms with van der Waals surface area (Å²) in [5.41, 5.74) is -0.379. The lowest BCUT2D eigenvalue weighted by Crippen LogP contribution is -2.48. The van der Waals surface area contributed by atoms with E-state index in [9.17, 15) is 9.59 Å². The summed E-state index contributed by atoms with van der Waals surface area (Å²) in [4.78, 5) is 25.1. The summed E-state index contributed by atoms with van der Waals surface area (Å²) in [5.74, 6) is 0. The van der Waals surface area contributed by atoms with E-state index in [1.165, 1.54) is 10.8 Å². The highest BCUT2D eigenvalue weighted by Crippen LogP contribution is 2.08. The Morgan fingerprint density at radius 1 is 1.59 bits per heavy atom. The van der Waals surface area contributed by atoms with E-state index in [2.05, 4.69) is 10.3 Å². The van der Waals surface area contributed by atoms with Crippen LogP contribution in [0.5, 0.6) is 0 Å². The van der Waals surface area contributed by atoms with Crippen LogP contribution < -0.4 is 16.6 Å². The predicted octanol–water partition coefficient (Wildman–Crippen LogP) is -1.68.